The van der Waals surface area contributed by atoms with E-state index in [2.05, 4.69) is 15.5 Å². The highest BCUT2D eigenvalue weighted by atomic mass is 19.1. The summed E-state index contributed by atoms with van der Waals surface area (Å²) in [7, 11) is 0. The van der Waals surface area contributed by atoms with Crippen LogP contribution in [-0.2, 0) is 0 Å². The summed E-state index contributed by atoms with van der Waals surface area (Å²) < 4.78 is 15.6. The van der Waals surface area contributed by atoms with E-state index in [1.165, 1.54) is 41.5 Å². The van der Waals surface area contributed by atoms with Crippen molar-refractivity contribution in [2.24, 2.45) is 0 Å². The van der Waals surface area contributed by atoms with Crippen LogP contribution in [0.3, 0.4) is 0 Å². The Balaban J connectivity index is 1.69. The van der Waals surface area contributed by atoms with E-state index in [1.54, 1.807) is 12.1 Å². The number of nitrogens with zero attached hydrogens (tertiary/aromatic N) is 4. The third-order valence-electron chi connectivity index (χ3n) is 4.55. The van der Waals surface area contributed by atoms with Crippen molar-refractivity contribution in [3.8, 4) is 5.69 Å². The van der Waals surface area contributed by atoms with Crippen LogP contribution in [0.15, 0.2) is 59.8 Å². The second kappa shape index (κ2) is 6.73. The highest BCUT2D eigenvalue weighted by Crippen LogP contribution is 2.14. The van der Waals surface area contributed by atoms with E-state index in [0.29, 0.717) is 16.9 Å². The molecular formula is C20H16FN5O2. The smallest absolute Gasteiger partial charge is 0.267 e. The molecule has 0 radical (unpaired) electrons. The van der Waals surface area contributed by atoms with Gasteiger partial charge in [-0.15, -0.1) is 0 Å². The fraction of sp³-hybridized carbons (Fsp3) is 0.100. The number of nitrogens with one attached hydrogen (secondary N) is 1. The minimum atomic E-state index is -0.462. The number of fused-ring (bicyclic) bond motifs is 1. The molecule has 7 nitrogen and oxygen atoms in total. The van der Waals surface area contributed by atoms with Crippen LogP contribution >= 0.6 is 0 Å². The van der Waals surface area contributed by atoms with E-state index in [0.717, 1.165) is 15.8 Å². The molecule has 0 unspecified atom stereocenters. The Morgan fingerprint density at radius 1 is 1.07 bits per heavy atom. The number of halogens is 1. The van der Waals surface area contributed by atoms with E-state index in [1.807, 2.05) is 19.9 Å². The lowest BCUT2D eigenvalue weighted by Gasteiger charge is -2.09. The molecule has 1 amide bonds. The highest BCUT2D eigenvalue weighted by Gasteiger charge is 2.14. The van der Waals surface area contributed by atoms with E-state index >= 15 is 0 Å². The van der Waals surface area contributed by atoms with Gasteiger partial charge < -0.3 is 0 Å². The lowest BCUT2D eigenvalue weighted by molar-refractivity contribution is 0.101. The molecular weight excluding hydrogens is 361 g/mol. The van der Waals surface area contributed by atoms with Gasteiger partial charge in [-0.3, -0.25) is 15.0 Å². The summed E-state index contributed by atoms with van der Waals surface area (Å²) >= 11 is 0. The average molecular weight is 377 g/mol. The molecule has 0 spiro atoms. The van der Waals surface area contributed by atoms with Crippen LogP contribution in [0.5, 0.6) is 0 Å². The molecule has 0 saturated carbocycles. The van der Waals surface area contributed by atoms with Gasteiger partial charge in [-0.2, -0.15) is 5.10 Å². The molecule has 0 aliphatic rings. The number of amides is 1. The van der Waals surface area contributed by atoms with Gasteiger partial charge in [0.15, 0.2) is 5.65 Å². The van der Waals surface area contributed by atoms with Gasteiger partial charge in [0.1, 0.15) is 17.5 Å². The zero-order chi connectivity index (χ0) is 19.8. The molecule has 1 N–H and O–H groups in total. The minimum absolute atomic E-state index is 0.229. The van der Waals surface area contributed by atoms with Crippen molar-refractivity contribution in [2.75, 3.05) is 5.43 Å². The summed E-state index contributed by atoms with van der Waals surface area (Å²) in [6, 6.07) is 11.0. The molecule has 2 aromatic carbocycles. The molecule has 0 bridgehead atoms. The molecule has 2 aromatic heterocycles. The Morgan fingerprint density at radius 3 is 2.54 bits per heavy atom. The predicted molar refractivity (Wildman–Crippen MR) is 103 cm³/mol. The number of hydrogen-bond donors (Lipinski definition) is 1. The minimum Gasteiger partial charge on any atom is -0.267 e. The zero-order valence-corrected chi connectivity index (χ0v) is 15.2. The molecule has 2 heterocycles. The molecule has 28 heavy (non-hydrogen) atoms. The Labute approximate surface area is 159 Å². The SMILES string of the molecule is Cc1ccc(C(=O)Nn2cnc3c(cnn3-c3ccc(F)cc3)c2=O)cc1C. The van der Waals surface area contributed by atoms with Gasteiger partial charge in [0.05, 0.1) is 11.9 Å². The molecule has 0 saturated heterocycles. The Hall–Kier alpha value is -3.81. The maximum Gasteiger partial charge on any atom is 0.283 e. The topological polar surface area (TPSA) is 81.8 Å². The lowest BCUT2D eigenvalue weighted by Crippen LogP contribution is -2.33. The van der Waals surface area contributed by atoms with Crippen molar-refractivity contribution < 1.29 is 9.18 Å². The fourth-order valence-corrected chi connectivity index (χ4v) is 2.82. The van der Waals surface area contributed by atoms with Crippen molar-refractivity contribution in [2.45, 2.75) is 13.8 Å². The lowest BCUT2D eigenvalue weighted by atomic mass is 10.1. The van der Waals surface area contributed by atoms with Gasteiger partial charge in [-0.05, 0) is 61.4 Å². The summed E-state index contributed by atoms with van der Waals surface area (Å²) in [6.45, 7) is 3.87. The van der Waals surface area contributed by atoms with Crippen LogP contribution in [-0.4, -0.2) is 25.3 Å². The largest absolute Gasteiger partial charge is 0.283 e. The first kappa shape index (κ1) is 17.6. The van der Waals surface area contributed by atoms with E-state index in [-0.39, 0.29) is 11.2 Å². The van der Waals surface area contributed by atoms with Gasteiger partial charge >= 0.3 is 0 Å². The fourth-order valence-electron chi connectivity index (χ4n) is 2.82. The predicted octanol–water partition coefficient (Wildman–Crippen LogP) is 2.72. The molecule has 4 rings (SSSR count). The Kier molecular flexibility index (Phi) is 4.23. The van der Waals surface area contributed by atoms with Crippen LogP contribution < -0.4 is 11.0 Å². The Bertz CT molecular complexity index is 1260. The number of aromatic nitrogens is 4. The van der Waals surface area contributed by atoms with Gasteiger partial charge in [-0.1, -0.05) is 6.07 Å². The average Bonchev–Trinajstić information content (AvgIpc) is 3.11. The van der Waals surface area contributed by atoms with E-state index in [4.69, 9.17) is 0 Å². The summed E-state index contributed by atoms with van der Waals surface area (Å²) in [5, 5.41) is 4.39. The third kappa shape index (κ3) is 3.05. The molecule has 0 aliphatic carbocycles. The summed E-state index contributed by atoms with van der Waals surface area (Å²) in [4.78, 5) is 29.4. The number of carbonyl (C=O) groups is 1. The second-order valence-corrected chi connectivity index (χ2v) is 6.43. The molecule has 8 heteroatoms. The highest BCUT2D eigenvalue weighted by molar-refractivity contribution is 6.00. The van der Waals surface area contributed by atoms with E-state index in [9.17, 15) is 14.0 Å². The van der Waals surface area contributed by atoms with Gasteiger partial charge in [0, 0.05) is 5.56 Å². The molecule has 4 aromatic rings. The maximum atomic E-state index is 13.1. The first-order valence-electron chi connectivity index (χ1n) is 8.54. The van der Waals surface area contributed by atoms with Crippen molar-refractivity contribution in [1.82, 2.24) is 19.4 Å². The number of hydrogen-bond acceptors (Lipinski definition) is 4. The molecule has 140 valence electrons. The van der Waals surface area contributed by atoms with Gasteiger partial charge in [0.25, 0.3) is 11.5 Å². The van der Waals surface area contributed by atoms with Gasteiger partial charge in [-0.25, -0.2) is 18.7 Å². The standard InChI is InChI=1S/C20H16FN5O2/c1-12-3-4-14(9-13(12)2)19(27)24-25-11-22-18-17(20(25)28)10-23-26(18)16-7-5-15(21)6-8-16/h3-11H,1-2H3,(H,24,27). The van der Waals surface area contributed by atoms with Crippen LogP contribution in [0.4, 0.5) is 4.39 Å². The summed E-state index contributed by atoms with van der Waals surface area (Å²) in [5.41, 5.74) is 5.45. The van der Waals surface area contributed by atoms with Crippen molar-refractivity contribution in [3.63, 3.8) is 0 Å². The zero-order valence-electron chi connectivity index (χ0n) is 15.2. The van der Waals surface area contributed by atoms with Crippen LogP contribution in [0.2, 0.25) is 0 Å². The molecule has 0 atom stereocenters. The second-order valence-electron chi connectivity index (χ2n) is 6.43. The van der Waals surface area contributed by atoms with Crippen molar-refractivity contribution in [3.05, 3.63) is 87.9 Å². The normalized spacial score (nSPS) is 11.0. The maximum absolute atomic E-state index is 13.1. The molecule has 0 aliphatic heterocycles. The van der Waals surface area contributed by atoms with Crippen molar-refractivity contribution >= 4 is 16.9 Å². The van der Waals surface area contributed by atoms with E-state index < -0.39 is 11.5 Å². The van der Waals surface area contributed by atoms with Gasteiger partial charge in [0.2, 0.25) is 0 Å². The van der Waals surface area contributed by atoms with Crippen LogP contribution in [0.25, 0.3) is 16.7 Å². The first-order valence-corrected chi connectivity index (χ1v) is 8.54. The van der Waals surface area contributed by atoms with Crippen LogP contribution in [0, 0.1) is 19.7 Å². The monoisotopic (exact) mass is 377 g/mol. The number of rotatable bonds is 3. The first-order chi connectivity index (χ1) is 13.4. The van der Waals surface area contributed by atoms with Crippen molar-refractivity contribution in [1.29, 1.82) is 0 Å². The number of carbonyl (C=O) groups excluding carboxylic acids is 1. The number of aryl methyl sites for hydroxylation is 2. The third-order valence-corrected chi connectivity index (χ3v) is 4.55. The quantitative estimate of drug-likeness (QED) is 0.595. The number of benzene rings is 2. The van der Waals surface area contributed by atoms with Crippen LogP contribution in [0.1, 0.15) is 21.5 Å². The Morgan fingerprint density at radius 2 is 1.82 bits per heavy atom. The summed E-state index contributed by atoms with van der Waals surface area (Å²) in [5.74, 6) is -0.790. The summed E-state index contributed by atoms with van der Waals surface area (Å²) in [6.07, 6.45) is 2.60. The molecule has 0 fully saturated rings.